The molecule has 0 saturated carbocycles. The van der Waals surface area contributed by atoms with Gasteiger partial charge in [-0.05, 0) is 0 Å². The van der Waals surface area contributed by atoms with Gasteiger partial charge in [0, 0.05) is 14.2 Å². The molecule has 0 aliphatic rings. The van der Waals surface area contributed by atoms with Crippen molar-refractivity contribution in [2.45, 2.75) is 0 Å². The summed E-state index contributed by atoms with van der Waals surface area (Å²) in [5, 5.41) is 0. The van der Waals surface area contributed by atoms with Crippen LogP contribution in [0, 0.1) is 0 Å². The zero-order chi connectivity index (χ0) is 11.2. The van der Waals surface area contributed by atoms with Gasteiger partial charge in [0.1, 0.15) is 12.4 Å². The SMILES string of the molecule is COP(=O)([O-])OC.Cn1cc[n+](C)c1. The largest absolute Gasteiger partial charge is 0.756 e. The molecule has 14 heavy (non-hydrogen) atoms. The molecular formula is C7H15N2O4P. The molecule has 1 aromatic rings. The van der Waals surface area contributed by atoms with E-state index < -0.39 is 7.82 Å². The van der Waals surface area contributed by atoms with Crippen molar-refractivity contribution in [1.29, 1.82) is 0 Å². The Balaban J connectivity index is 0.000000241. The van der Waals surface area contributed by atoms with E-state index in [4.69, 9.17) is 0 Å². The molecule has 0 spiro atoms. The normalized spacial score (nSPS) is 10.6. The third-order valence-corrected chi connectivity index (χ3v) is 2.24. The Labute approximate surface area is 83.3 Å². The van der Waals surface area contributed by atoms with Crippen molar-refractivity contribution < 1.29 is 23.1 Å². The average Bonchev–Trinajstić information content (AvgIpc) is 2.51. The van der Waals surface area contributed by atoms with Gasteiger partial charge in [-0.25, -0.2) is 9.13 Å². The van der Waals surface area contributed by atoms with E-state index in [1.807, 2.05) is 42.0 Å². The predicted molar refractivity (Wildman–Crippen MR) is 48.2 cm³/mol. The molecule has 0 radical (unpaired) electrons. The van der Waals surface area contributed by atoms with E-state index in [9.17, 15) is 9.46 Å². The van der Waals surface area contributed by atoms with E-state index in [0.29, 0.717) is 0 Å². The number of aryl methyl sites for hydroxylation is 2. The highest BCUT2D eigenvalue weighted by Crippen LogP contribution is 2.34. The van der Waals surface area contributed by atoms with Crippen LogP contribution in [0.2, 0.25) is 0 Å². The van der Waals surface area contributed by atoms with Crippen LogP contribution in [0.1, 0.15) is 0 Å². The van der Waals surface area contributed by atoms with E-state index >= 15 is 0 Å². The number of aromatic nitrogens is 2. The second-order valence-corrected chi connectivity index (χ2v) is 4.18. The van der Waals surface area contributed by atoms with Gasteiger partial charge < -0.3 is 13.9 Å². The molecule has 1 aromatic heterocycles. The standard InChI is InChI=1S/C5H9N2.C2H7O4P/c1-6-3-4-7(2)5-6;1-5-7(3,4)6-2/h3-5H,1-2H3;1-2H3,(H,3,4)/q+1;/p-1. The number of phosphoric acid groups is 1. The van der Waals surface area contributed by atoms with E-state index in [1.165, 1.54) is 0 Å². The number of hydrogen-bond donors (Lipinski definition) is 0. The summed E-state index contributed by atoms with van der Waals surface area (Å²) in [5.74, 6) is 0. The van der Waals surface area contributed by atoms with E-state index in [2.05, 4.69) is 9.05 Å². The Kier molecular flexibility index (Phi) is 5.64. The first kappa shape index (κ1) is 13.3. The first-order valence-corrected chi connectivity index (χ1v) is 5.27. The highest BCUT2D eigenvalue weighted by molar-refractivity contribution is 7.45. The Morgan fingerprint density at radius 2 is 1.93 bits per heavy atom. The first-order chi connectivity index (χ1) is 6.41. The minimum atomic E-state index is -3.90. The Bertz CT molecular complexity index is 288. The maximum absolute atomic E-state index is 9.95. The number of hydrogen-bond acceptors (Lipinski definition) is 4. The molecular weight excluding hydrogens is 207 g/mol. The van der Waals surface area contributed by atoms with Crippen molar-refractivity contribution >= 4 is 7.82 Å². The summed E-state index contributed by atoms with van der Waals surface area (Å²) < 4.78 is 21.7. The molecule has 7 heteroatoms. The van der Waals surface area contributed by atoms with Crippen LogP contribution in [0.4, 0.5) is 0 Å². The fourth-order valence-electron chi connectivity index (χ4n) is 0.649. The van der Waals surface area contributed by atoms with Crippen LogP contribution in [0.15, 0.2) is 18.7 Å². The van der Waals surface area contributed by atoms with Gasteiger partial charge in [0.25, 0.3) is 7.82 Å². The zero-order valence-electron chi connectivity index (χ0n) is 8.71. The van der Waals surface area contributed by atoms with E-state index in [0.717, 1.165) is 14.2 Å². The molecule has 0 aromatic carbocycles. The van der Waals surface area contributed by atoms with Gasteiger partial charge in [0.2, 0.25) is 6.33 Å². The second kappa shape index (κ2) is 5.93. The van der Waals surface area contributed by atoms with Gasteiger partial charge in [0.15, 0.2) is 0 Å². The quantitative estimate of drug-likeness (QED) is 0.504. The van der Waals surface area contributed by atoms with Gasteiger partial charge in [-0.2, -0.15) is 0 Å². The molecule has 0 saturated heterocycles. The van der Waals surface area contributed by atoms with Gasteiger partial charge in [0.05, 0.1) is 14.1 Å². The first-order valence-electron chi connectivity index (χ1n) is 3.81. The molecule has 6 nitrogen and oxygen atoms in total. The number of rotatable bonds is 2. The molecule has 1 heterocycles. The number of phosphoric ester groups is 1. The monoisotopic (exact) mass is 222 g/mol. The van der Waals surface area contributed by atoms with Crippen molar-refractivity contribution in [3.05, 3.63) is 18.7 Å². The van der Waals surface area contributed by atoms with Crippen molar-refractivity contribution in [1.82, 2.24) is 4.57 Å². The lowest BCUT2D eigenvalue weighted by Crippen LogP contribution is -2.23. The predicted octanol–water partition coefficient (Wildman–Crippen LogP) is -0.403. The van der Waals surface area contributed by atoms with Crippen molar-refractivity contribution in [3.63, 3.8) is 0 Å². The van der Waals surface area contributed by atoms with Crippen LogP contribution in [0.5, 0.6) is 0 Å². The summed E-state index contributed by atoms with van der Waals surface area (Å²) in [6.07, 6.45) is 6.00. The summed E-state index contributed by atoms with van der Waals surface area (Å²) >= 11 is 0. The molecule has 0 bridgehead atoms. The van der Waals surface area contributed by atoms with Crippen molar-refractivity contribution in [2.24, 2.45) is 14.1 Å². The van der Waals surface area contributed by atoms with Crippen LogP contribution in [-0.4, -0.2) is 18.8 Å². The molecule has 0 atom stereocenters. The van der Waals surface area contributed by atoms with Gasteiger partial charge in [-0.15, -0.1) is 0 Å². The van der Waals surface area contributed by atoms with Crippen molar-refractivity contribution in [3.8, 4) is 0 Å². The lowest BCUT2D eigenvalue weighted by atomic mass is 10.9. The van der Waals surface area contributed by atoms with Crippen LogP contribution < -0.4 is 9.46 Å². The molecule has 0 aliphatic heterocycles. The number of imidazole rings is 1. The minimum absolute atomic E-state index is 1.04. The molecule has 82 valence electrons. The average molecular weight is 222 g/mol. The van der Waals surface area contributed by atoms with Crippen LogP contribution in [0.25, 0.3) is 0 Å². The molecule has 0 unspecified atom stereocenters. The Morgan fingerprint density at radius 3 is 2.00 bits per heavy atom. The fraction of sp³-hybridized carbons (Fsp3) is 0.571. The van der Waals surface area contributed by atoms with Gasteiger partial charge in [-0.3, -0.25) is 4.57 Å². The molecule has 0 aliphatic carbocycles. The minimum Gasteiger partial charge on any atom is -0.756 e. The van der Waals surface area contributed by atoms with Crippen LogP contribution in [-0.2, 0) is 27.7 Å². The van der Waals surface area contributed by atoms with Crippen molar-refractivity contribution in [2.75, 3.05) is 14.2 Å². The summed E-state index contributed by atoms with van der Waals surface area (Å²) in [6.45, 7) is 0. The molecule has 0 N–H and O–H groups in total. The lowest BCUT2D eigenvalue weighted by molar-refractivity contribution is -0.670. The van der Waals surface area contributed by atoms with Crippen LogP contribution in [0.3, 0.4) is 0 Å². The van der Waals surface area contributed by atoms with E-state index in [1.54, 1.807) is 0 Å². The molecule has 1 rings (SSSR count). The molecule has 0 fully saturated rings. The maximum atomic E-state index is 9.95. The lowest BCUT2D eigenvalue weighted by Gasteiger charge is -2.16. The smallest absolute Gasteiger partial charge is 0.267 e. The highest BCUT2D eigenvalue weighted by Gasteiger charge is 1.98. The summed E-state index contributed by atoms with van der Waals surface area (Å²) in [4.78, 5) is 9.95. The Morgan fingerprint density at radius 1 is 1.43 bits per heavy atom. The second-order valence-electron chi connectivity index (χ2n) is 2.56. The summed E-state index contributed by atoms with van der Waals surface area (Å²) in [7, 11) is 2.17. The third-order valence-electron chi connectivity index (χ3n) is 1.35. The summed E-state index contributed by atoms with van der Waals surface area (Å²) in [5.41, 5.74) is 0. The highest BCUT2D eigenvalue weighted by atomic mass is 31.2. The van der Waals surface area contributed by atoms with E-state index in [-0.39, 0.29) is 0 Å². The van der Waals surface area contributed by atoms with Gasteiger partial charge >= 0.3 is 0 Å². The third kappa shape index (κ3) is 5.88. The maximum Gasteiger partial charge on any atom is 0.267 e. The fourth-order valence-corrected chi connectivity index (χ4v) is 0.798. The van der Waals surface area contributed by atoms with Crippen LogP contribution >= 0.6 is 7.82 Å². The summed E-state index contributed by atoms with van der Waals surface area (Å²) in [6, 6.07) is 0. The topological polar surface area (TPSA) is 67.4 Å². The number of nitrogens with zero attached hydrogens (tertiary/aromatic N) is 2. The Hall–Kier alpha value is -0.680. The zero-order valence-corrected chi connectivity index (χ0v) is 9.60. The van der Waals surface area contributed by atoms with Gasteiger partial charge in [-0.1, -0.05) is 0 Å². The molecule has 0 amide bonds.